The number of rotatable bonds is 5. The molecule has 1 amide bonds. The third kappa shape index (κ3) is 4.37. The first-order chi connectivity index (χ1) is 11.6. The molecular formula is C18H19N5O. The summed E-state index contributed by atoms with van der Waals surface area (Å²) in [5, 5.41) is 0. The molecule has 0 saturated heterocycles. The fourth-order valence-electron chi connectivity index (χ4n) is 2.04. The maximum atomic E-state index is 12.3. The number of carbonyl (C=O) groups excluding carboxylic acids is 1. The molecule has 0 radical (unpaired) electrons. The van der Waals surface area contributed by atoms with E-state index in [4.69, 9.17) is 17.2 Å². The van der Waals surface area contributed by atoms with Crippen molar-refractivity contribution in [2.75, 3.05) is 0 Å². The lowest BCUT2D eigenvalue weighted by atomic mass is 10.0. The number of nitrogens with zero attached hydrogens (tertiary/aromatic N) is 2. The summed E-state index contributed by atoms with van der Waals surface area (Å²) >= 11 is 0. The van der Waals surface area contributed by atoms with Crippen molar-refractivity contribution in [3.63, 3.8) is 0 Å². The summed E-state index contributed by atoms with van der Waals surface area (Å²) in [5.41, 5.74) is 19.0. The first kappa shape index (κ1) is 17.1. The van der Waals surface area contributed by atoms with Crippen LogP contribution in [0.15, 0.2) is 76.9 Å². The molecule has 0 aromatic heterocycles. The van der Waals surface area contributed by atoms with Gasteiger partial charge in [0.25, 0.3) is 5.91 Å². The van der Waals surface area contributed by atoms with Gasteiger partial charge in [-0.25, -0.2) is 0 Å². The minimum Gasteiger partial charge on any atom is -0.405 e. The third-order valence-corrected chi connectivity index (χ3v) is 3.25. The topological polar surface area (TPSA) is 120 Å². The molecule has 122 valence electrons. The lowest BCUT2D eigenvalue weighted by molar-refractivity contribution is -0.119. The van der Waals surface area contributed by atoms with Crippen molar-refractivity contribution in [1.82, 2.24) is 0 Å². The first-order valence-electron chi connectivity index (χ1n) is 7.32. The van der Waals surface area contributed by atoms with Gasteiger partial charge < -0.3 is 17.2 Å². The average molecular weight is 321 g/mol. The van der Waals surface area contributed by atoms with Crippen LogP contribution in [-0.2, 0) is 4.79 Å². The number of para-hydroxylation sites is 1. The normalized spacial score (nSPS) is 13.5. The van der Waals surface area contributed by atoms with Crippen LogP contribution in [0.3, 0.4) is 0 Å². The predicted octanol–water partition coefficient (Wildman–Crippen LogP) is 1.79. The molecular weight excluding hydrogens is 302 g/mol. The summed E-state index contributed by atoms with van der Waals surface area (Å²) in [7, 11) is 0. The van der Waals surface area contributed by atoms with Gasteiger partial charge in [-0.3, -0.25) is 9.79 Å². The second kappa shape index (κ2) is 8.40. The van der Waals surface area contributed by atoms with Gasteiger partial charge in [-0.1, -0.05) is 48.5 Å². The zero-order valence-electron chi connectivity index (χ0n) is 13.0. The summed E-state index contributed by atoms with van der Waals surface area (Å²) in [4.78, 5) is 20.5. The molecule has 0 heterocycles. The second-order valence-corrected chi connectivity index (χ2v) is 4.90. The minimum atomic E-state index is -0.956. The molecule has 0 aliphatic carbocycles. The van der Waals surface area contributed by atoms with Crippen LogP contribution in [0.2, 0.25) is 0 Å². The van der Waals surface area contributed by atoms with Crippen molar-refractivity contribution >= 4 is 23.6 Å². The zero-order chi connectivity index (χ0) is 17.4. The van der Waals surface area contributed by atoms with Crippen LogP contribution in [0, 0.1) is 0 Å². The molecule has 0 fully saturated rings. The second-order valence-electron chi connectivity index (χ2n) is 4.90. The molecule has 2 rings (SSSR count). The van der Waals surface area contributed by atoms with E-state index in [1.54, 1.807) is 42.5 Å². The van der Waals surface area contributed by atoms with E-state index < -0.39 is 11.9 Å². The van der Waals surface area contributed by atoms with E-state index in [1.165, 1.54) is 12.4 Å². The molecule has 6 nitrogen and oxygen atoms in total. The molecule has 0 saturated carbocycles. The first-order valence-corrected chi connectivity index (χ1v) is 7.32. The van der Waals surface area contributed by atoms with Gasteiger partial charge in [-0.15, -0.1) is 0 Å². The van der Waals surface area contributed by atoms with Crippen molar-refractivity contribution in [1.29, 1.82) is 0 Å². The maximum absolute atomic E-state index is 12.3. The lowest BCUT2D eigenvalue weighted by Crippen LogP contribution is -2.24. The molecule has 24 heavy (non-hydrogen) atoms. The molecule has 6 heteroatoms. The molecule has 6 N–H and O–H groups in total. The Morgan fingerprint density at radius 3 is 2.42 bits per heavy atom. The van der Waals surface area contributed by atoms with Crippen LogP contribution in [0.5, 0.6) is 0 Å². The Hall–Kier alpha value is -3.25. The minimum absolute atomic E-state index is 0.128. The Morgan fingerprint density at radius 2 is 1.71 bits per heavy atom. The number of hydrogen-bond acceptors (Lipinski definition) is 4. The number of carbonyl (C=O) groups is 1. The summed E-state index contributed by atoms with van der Waals surface area (Å²) < 4.78 is 0. The number of hydrogen-bond donors (Lipinski definition) is 3. The Balaban J connectivity index is 2.25. The van der Waals surface area contributed by atoms with Crippen LogP contribution in [-0.4, -0.2) is 18.0 Å². The van der Waals surface area contributed by atoms with Crippen LogP contribution >= 0.6 is 0 Å². The molecule has 1 atom stereocenters. The van der Waals surface area contributed by atoms with Gasteiger partial charge in [-0.05, 0) is 18.3 Å². The SMILES string of the molecule is N/C=C\C=Nc1ccccc1C(N)C(=O)N=C(N)c1ccccc1. The van der Waals surface area contributed by atoms with Crippen LogP contribution in [0.1, 0.15) is 17.2 Å². The highest BCUT2D eigenvalue weighted by atomic mass is 16.1. The molecule has 2 aromatic rings. The maximum Gasteiger partial charge on any atom is 0.269 e. The predicted molar refractivity (Wildman–Crippen MR) is 97.0 cm³/mol. The Kier molecular flexibility index (Phi) is 5.99. The smallest absolute Gasteiger partial charge is 0.269 e. The fourth-order valence-corrected chi connectivity index (χ4v) is 2.04. The summed E-state index contributed by atoms with van der Waals surface area (Å²) in [5.74, 6) is -0.406. The van der Waals surface area contributed by atoms with Gasteiger partial charge >= 0.3 is 0 Å². The highest BCUT2D eigenvalue weighted by Gasteiger charge is 2.18. The number of nitrogens with two attached hydrogens (primary N) is 3. The van der Waals surface area contributed by atoms with Gasteiger partial charge in [0.05, 0.1) is 5.69 Å². The molecule has 1 unspecified atom stereocenters. The summed E-state index contributed by atoms with van der Waals surface area (Å²) in [6.07, 6.45) is 4.47. The highest BCUT2D eigenvalue weighted by molar-refractivity contribution is 6.05. The zero-order valence-corrected chi connectivity index (χ0v) is 13.0. The monoisotopic (exact) mass is 321 g/mol. The Morgan fingerprint density at radius 1 is 1.04 bits per heavy atom. The summed E-state index contributed by atoms with van der Waals surface area (Å²) in [6.45, 7) is 0. The lowest BCUT2D eigenvalue weighted by Gasteiger charge is -2.11. The Labute approximate surface area is 140 Å². The largest absolute Gasteiger partial charge is 0.405 e. The van der Waals surface area contributed by atoms with Gasteiger partial charge in [-0.2, -0.15) is 4.99 Å². The van der Waals surface area contributed by atoms with E-state index in [2.05, 4.69) is 9.98 Å². The number of amidine groups is 1. The summed E-state index contributed by atoms with van der Waals surface area (Å²) in [6, 6.07) is 15.2. The average Bonchev–Trinajstić information content (AvgIpc) is 2.62. The quantitative estimate of drug-likeness (QED) is 0.574. The van der Waals surface area contributed by atoms with Gasteiger partial charge in [0, 0.05) is 17.3 Å². The van der Waals surface area contributed by atoms with Crippen molar-refractivity contribution in [3.05, 3.63) is 78.0 Å². The number of amides is 1. The van der Waals surface area contributed by atoms with Crippen LogP contribution in [0.25, 0.3) is 0 Å². The van der Waals surface area contributed by atoms with Crippen LogP contribution < -0.4 is 17.2 Å². The van der Waals surface area contributed by atoms with Gasteiger partial charge in [0.1, 0.15) is 11.9 Å². The van der Waals surface area contributed by atoms with Crippen molar-refractivity contribution in [2.24, 2.45) is 27.2 Å². The number of aliphatic imine (C=N–C) groups is 2. The third-order valence-electron chi connectivity index (χ3n) is 3.25. The number of benzene rings is 2. The van der Waals surface area contributed by atoms with E-state index in [0.717, 1.165) is 0 Å². The molecule has 0 bridgehead atoms. The van der Waals surface area contributed by atoms with E-state index >= 15 is 0 Å². The Bertz CT molecular complexity index is 781. The highest BCUT2D eigenvalue weighted by Crippen LogP contribution is 2.24. The van der Waals surface area contributed by atoms with E-state index in [9.17, 15) is 4.79 Å². The van der Waals surface area contributed by atoms with Crippen molar-refractivity contribution < 1.29 is 4.79 Å². The van der Waals surface area contributed by atoms with E-state index in [-0.39, 0.29) is 5.84 Å². The van der Waals surface area contributed by atoms with E-state index in [0.29, 0.717) is 16.8 Å². The molecule has 2 aromatic carbocycles. The van der Waals surface area contributed by atoms with Gasteiger partial charge in [0.2, 0.25) is 0 Å². The van der Waals surface area contributed by atoms with Crippen molar-refractivity contribution in [2.45, 2.75) is 6.04 Å². The van der Waals surface area contributed by atoms with Gasteiger partial charge in [0.15, 0.2) is 0 Å². The van der Waals surface area contributed by atoms with E-state index in [1.807, 2.05) is 18.2 Å². The van der Waals surface area contributed by atoms with Crippen LogP contribution in [0.4, 0.5) is 5.69 Å². The van der Waals surface area contributed by atoms with Crippen molar-refractivity contribution in [3.8, 4) is 0 Å². The molecule has 0 aliphatic rings. The fraction of sp³-hybridized carbons (Fsp3) is 0.0556. The number of allylic oxidation sites excluding steroid dienone is 1. The standard InChI is InChI=1S/C18H19N5O/c19-11-6-12-22-15-10-5-4-9-14(15)16(20)18(24)23-17(21)13-7-2-1-3-8-13/h1-12,16H,19-20H2,(H2,21,23,24)/b11-6-,22-12?. The molecule has 0 aliphatic heterocycles. The molecule has 0 spiro atoms.